The predicted octanol–water partition coefficient (Wildman–Crippen LogP) is 2.84. The number of hydrogen-bond donors (Lipinski definition) is 0. The van der Waals surface area contributed by atoms with E-state index in [-0.39, 0.29) is 23.6 Å². The minimum absolute atomic E-state index is 0.0973. The maximum atomic E-state index is 12.0. The van der Waals surface area contributed by atoms with E-state index in [0.717, 1.165) is 22.4 Å². The van der Waals surface area contributed by atoms with Crippen molar-refractivity contribution in [1.82, 2.24) is 0 Å². The fraction of sp³-hybridized carbons (Fsp3) is 0.316. The monoisotopic (exact) mass is 388 g/mol. The lowest BCUT2D eigenvalue weighted by molar-refractivity contribution is 0.344. The predicted molar refractivity (Wildman–Crippen MR) is 107 cm³/mol. The Kier molecular flexibility index (Phi) is 4.91. The van der Waals surface area contributed by atoms with Crippen LogP contribution in [0.1, 0.15) is 0 Å². The molecule has 2 aliphatic heterocycles. The summed E-state index contributed by atoms with van der Waals surface area (Å²) in [6.45, 7) is 0.573. The third-order valence-corrected chi connectivity index (χ3v) is 7.10. The molecule has 4 rings (SSSR count). The minimum atomic E-state index is -3.01. The molecule has 2 aromatic carbocycles. The average Bonchev–Trinajstić information content (AvgIpc) is 3.11. The molecule has 0 radical (unpaired) electrons. The van der Waals surface area contributed by atoms with Crippen LogP contribution in [-0.4, -0.2) is 49.5 Å². The highest BCUT2D eigenvalue weighted by atomic mass is 32.2. The SMILES string of the molecule is O=S1(=O)CC2N=C(SCCOc3ccccc3)N(c3ccccc3)C2C1. The first-order chi connectivity index (χ1) is 12.6. The van der Waals surface area contributed by atoms with E-state index in [9.17, 15) is 8.42 Å². The van der Waals surface area contributed by atoms with Crippen LogP contribution >= 0.6 is 11.8 Å². The summed E-state index contributed by atoms with van der Waals surface area (Å²) in [5.74, 6) is 1.92. The van der Waals surface area contributed by atoms with Crippen molar-refractivity contribution in [3.63, 3.8) is 0 Å². The van der Waals surface area contributed by atoms with E-state index in [4.69, 9.17) is 9.73 Å². The molecule has 136 valence electrons. The summed E-state index contributed by atoms with van der Waals surface area (Å²) >= 11 is 1.62. The number of aliphatic imine (C=N–C) groups is 1. The van der Waals surface area contributed by atoms with Crippen molar-refractivity contribution >= 4 is 32.5 Å². The second-order valence-electron chi connectivity index (χ2n) is 6.34. The Morgan fingerprint density at radius 1 is 1.04 bits per heavy atom. The Morgan fingerprint density at radius 3 is 2.46 bits per heavy atom. The Labute approximate surface area is 158 Å². The average molecular weight is 389 g/mol. The Hall–Kier alpha value is -1.99. The van der Waals surface area contributed by atoms with E-state index >= 15 is 0 Å². The largest absolute Gasteiger partial charge is 0.493 e. The Morgan fingerprint density at radius 2 is 1.73 bits per heavy atom. The van der Waals surface area contributed by atoms with Crippen molar-refractivity contribution in [2.75, 3.05) is 28.8 Å². The van der Waals surface area contributed by atoms with Gasteiger partial charge in [0.2, 0.25) is 0 Å². The summed E-state index contributed by atoms with van der Waals surface area (Å²) in [5.41, 5.74) is 0.993. The second-order valence-corrected chi connectivity index (χ2v) is 9.55. The number of hydrogen-bond acceptors (Lipinski definition) is 6. The van der Waals surface area contributed by atoms with Gasteiger partial charge in [0, 0.05) is 11.4 Å². The second kappa shape index (κ2) is 7.32. The molecule has 1 saturated heterocycles. The van der Waals surface area contributed by atoms with Crippen molar-refractivity contribution in [3.05, 3.63) is 60.7 Å². The van der Waals surface area contributed by atoms with Crippen molar-refractivity contribution in [1.29, 1.82) is 0 Å². The van der Waals surface area contributed by atoms with E-state index in [1.165, 1.54) is 0 Å². The molecule has 7 heteroatoms. The number of benzene rings is 2. The van der Waals surface area contributed by atoms with Gasteiger partial charge in [-0.15, -0.1) is 0 Å². The van der Waals surface area contributed by atoms with Crippen molar-refractivity contribution in [2.24, 2.45) is 4.99 Å². The fourth-order valence-electron chi connectivity index (χ4n) is 3.33. The molecule has 2 atom stereocenters. The molecule has 0 aromatic heterocycles. The van der Waals surface area contributed by atoms with Gasteiger partial charge < -0.3 is 9.64 Å². The molecular weight excluding hydrogens is 368 g/mol. The molecule has 2 unspecified atom stereocenters. The highest BCUT2D eigenvalue weighted by Crippen LogP contribution is 2.34. The maximum Gasteiger partial charge on any atom is 0.164 e. The van der Waals surface area contributed by atoms with E-state index in [2.05, 4.69) is 4.90 Å². The number of thioether (sulfide) groups is 1. The van der Waals surface area contributed by atoms with Crippen LogP contribution in [0.25, 0.3) is 0 Å². The van der Waals surface area contributed by atoms with Gasteiger partial charge in [-0.1, -0.05) is 48.2 Å². The number of nitrogens with zero attached hydrogens (tertiary/aromatic N) is 2. The van der Waals surface area contributed by atoms with Crippen LogP contribution in [0.15, 0.2) is 65.7 Å². The van der Waals surface area contributed by atoms with Crippen LogP contribution in [-0.2, 0) is 9.84 Å². The third kappa shape index (κ3) is 3.73. The normalized spacial score (nSPS) is 23.5. The number of sulfone groups is 1. The smallest absolute Gasteiger partial charge is 0.164 e. The van der Waals surface area contributed by atoms with Gasteiger partial charge in [0.25, 0.3) is 0 Å². The lowest BCUT2D eigenvalue weighted by Gasteiger charge is -2.26. The zero-order valence-corrected chi connectivity index (χ0v) is 15.8. The van der Waals surface area contributed by atoms with Crippen molar-refractivity contribution < 1.29 is 13.2 Å². The Balaban J connectivity index is 1.45. The summed E-state index contributed by atoms with van der Waals surface area (Å²) in [5, 5.41) is 0.887. The number of para-hydroxylation sites is 2. The van der Waals surface area contributed by atoms with Gasteiger partial charge in [-0.2, -0.15) is 0 Å². The molecule has 26 heavy (non-hydrogen) atoms. The number of ether oxygens (including phenoxy) is 1. The maximum absolute atomic E-state index is 12.0. The molecule has 2 heterocycles. The van der Waals surface area contributed by atoms with Gasteiger partial charge in [0.1, 0.15) is 5.75 Å². The number of anilines is 1. The van der Waals surface area contributed by atoms with Crippen LogP contribution in [0.3, 0.4) is 0 Å². The molecule has 5 nitrogen and oxygen atoms in total. The van der Waals surface area contributed by atoms with Crippen LogP contribution in [0.2, 0.25) is 0 Å². The van der Waals surface area contributed by atoms with E-state index < -0.39 is 9.84 Å². The summed E-state index contributed by atoms with van der Waals surface area (Å²) in [7, 11) is -3.01. The van der Waals surface area contributed by atoms with Gasteiger partial charge in [-0.3, -0.25) is 4.99 Å². The molecule has 0 N–H and O–H groups in total. The van der Waals surface area contributed by atoms with Crippen molar-refractivity contribution in [3.8, 4) is 5.75 Å². The number of amidine groups is 1. The zero-order chi connectivity index (χ0) is 18.0. The van der Waals surface area contributed by atoms with Crippen molar-refractivity contribution in [2.45, 2.75) is 12.1 Å². The molecular formula is C19H20N2O3S2. The number of fused-ring (bicyclic) bond motifs is 1. The molecule has 1 fully saturated rings. The van der Waals surface area contributed by atoms with Crippen LogP contribution in [0.5, 0.6) is 5.75 Å². The van der Waals surface area contributed by atoms with E-state index in [1.807, 2.05) is 60.7 Å². The first kappa shape index (κ1) is 17.4. The van der Waals surface area contributed by atoms with Crippen LogP contribution < -0.4 is 9.64 Å². The molecule has 0 amide bonds. The van der Waals surface area contributed by atoms with Gasteiger partial charge >= 0.3 is 0 Å². The molecule has 0 saturated carbocycles. The molecule has 2 aliphatic rings. The zero-order valence-electron chi connectivity index (χ0n) is 14.2. The van der Waals surface area contributed by atoms with E-state index in [0.29, 0.717) is 6.61 Å². The summed E-state index contributed by atoms with van der Waals surface area (Å²) in [6, 6.07) is 19.3. The lowest BCUT2D eigenvalue weighted by atomic mass is 10.1. The minimum Gasteiger partial charge on any atom is -0.493 e. The van der Waals surface area contributed by atoms with Gasteiger partial charge in [0.15, 0.2) is 15.0 Å². The lowest BCUT2D eigenvalue weighted by Crippen LogP contribution is -2.39. The summed E-state index contributed by atoms with van der Waals surface area (Å²) < 4.78 is 29.8. The summed E-state index contributed by atoms with van der Waals surface area (Å²) in [6.07, 6.45) is 0. The highest BCUT2D eigenvalue weighted by molar-refractivity contribution is 8.14. The van der Waals surface area contributed by atoms with Crippen LogP contribution in [0, 0.1) is 0 Å². The quantitative estimate of drug-likeness (QED) is 0.737. The molecule has 0 bridgehead atoms. The molecule has 0 aliphatic carbocycles. The van der Waals surface area contributed by atoms with Gasteiger partial charge in [-0.25, -0.2) is 8.42 Å². The third-order valence-electron chi connectivity index (χ3n) is 4.47. The highest BCUT2D eigenvalue weighted by Gasteiger charge is 2.47. The van der Waals surface area contributed by atoms with Gasteiger partial charge in [-0.05, 0) is 24.3 Å². The molecule has 0 spiro atoms. The first-order valence-corrected chi connectivity index (χ1v) is 11.4. The van der Waals surface area contributed by atoms with Crippen LogP contribution in [0.4, 0.5) is 5.69 Å². The molecule has 2 aromatic rings. The summed E-state index contributed by atoms with van der Waals surface area (Å²) in [4.78, 5) is 6.80. The first-order valence-electron chi connectivity index (χ1n) is 8.55. The topological polar surface area (TPSA) is 59.0 Å². The van der Waals surface area contributed by atoms with E-state index in [1.54, 1.807) is 11.8 Å². The standard InChI is InChI=1S/C19H20N2O3S2/c22-26(23)13-17-18(14-26)21(15-7-3-1-4-8-15)19(20-17)25-12-11-24-16-9-5-2-6-10-16/h1-10,17-18H,11-14H2. The van der Waals surface area contributed by atoms with Gasteiger partial charge in [0.05, 0.1) is 30.2 Å². The Bertz CT molecular complexity index is 886. The fourth-order valence-corrected chi connectivity index (χ4v) is 6.12. The number of rotatable bonds is 5.